The fraction of sp³-hybridized carbons (Fsp3) is 0.158. The van der Waals surface area contributed by atoms with Crippen molar-refractivity contribution >= 4 is 46.8 Å². The van der Waals surface area contributed by atoms with Gasteiger partial charge < -0.3 is 10.0 Å². The maximum atomic E-state index is 12.8. The minimum atomic E-state index is -1.04. The van der Waals surface area contributed by atoms with Gasteiger partial charge in [0.05, 0.1) is 18.2 Å². The molecule has 0 aliphatic carbocycles. The summed E-state index contributed by atoms with van der Waals surface area (Å²) in [4.78, 5) is 25.3. The average Bonchev–Trinajstić information content (AvgIpc) is 2.81. The molecule has 1 unspecified atom stereocenters. The molecule has 2 aromatic rings. The van der Waals surface area contributed by atoms with Crippen molar-refractivity contribution in [2.45, 2.75) is 19.4 Å². The Morgan fingerprint density at radius 3 is 2.72 bits per heavy atom. The summed E-state index contributed by atoms with van der Waals surface area (Å²) in [5, 5.41) is 9.91. The Morgan fingerprint density at radius 2 is 2.04 bits per heavy atom. The summed E-state index contributed by atoms with van der Waals surface area (Å²) in [6, 6.07) is 10.7. The lowest BCUT2D eigenvalue weighted by atomic mass is 10.00. The lowest BCUT2D eigenvalue weighted by Crippen LogP contribution is -2.28. The Morgan fingerprint density at radius 1 is 1.28 bits per heavy atom. The van der Waals surface area contributed by atoms with Crippen LogP contribution in [-0.2, 0) is 16.1 Å². The third-order valence-corrected chi connectivity index (χ3v) is 4.81. The molecule has 3 rings (SSSR count). The van der Waals surface area contributed by atoms with Crippen molar-refractivity contribution in [2.24, 2.45) is 0 Å². The van der Waals surface area contributed by atoms with Crippen LogP contribution in [0.15, 0.2) is 42.5 Å². The van der Waals surface area contributed by atoms with E-state index in [0.717, 1.165) is 22.9 Å². The number of anilines is 1. The molecule has 1 heterocycles. The molecular weight excluding hydrogens is 361 g/mol. The number of fused-ring (bicyclic) bond motifs is 1. The quantitative estimate of drug-likeness (QED) is 0.784. The summed E-state index contributed by atoms with van der Waals surface area (Å²) < 4.78 is 0. The minimum absolute atomic E-state index is 0.0443. The number of benzene rings is 2. The highest BCUT2D eigenvalue weighted by Gasteiger charge is 2.35. The molecule has 2 aromatic carbocycles. The number of rotatable bonds is 4. The van der Waals surface area contributed by atoms with Gasteiger partial charge in [0.15, 0.2) is 0 Å². The number of carboxylic acid groups (broad SMARTS) is 1. The number of halogens is 2. The van der Waals surface area contributed by atoms with Gasteiger partial charge in [0.25, 0.3) is 0 Å². The van der Waals surface area contributed by atoms with Gasteiger partial charge in [0.1, 0.15) is 0 Å². The number of carbonyl (C=O) groups is 2. The second-order valence-corrected chi connectivity index (χ2v) is 6.68. The molecule has 0 bridgehead atoms. The highest BCUT2D eigenvalue weighted by Crippen LogP contribution is 2.41. The Hall–Kier alpha value is -2.30. The van der Waals surface area contributed by atoms with Crippen LogP contribution >= 0.6 is 23.2 Å². The van der Waals surface area contributed by atoms with Crippen LogP contribution in [0.3, 0.4) is 0 Å². The number of hydrogen-bond acceptors (Lipinski definition) is 2. The van der Waals surface area contributed by atoms with Crippen molar-refractivity contribution in [2.75, 3.05) is 4.90 Å². The van der Waals surface area contributed by atoms with E-state index in [-0.39, 0.29) is 11.8 Å². The standard InChI is InChI=1S/C19H15Cl2NO3/c1-11-15-4-2-3-12(6-8-17(23)24)18(15)22(19(11)25)10-13-5-7-14(20)9-16(13)21/h2-9,11H,10H2,1H3,(H,23,24). The summed E-state index contributed by atoms with van der Waals surface area (Å²) in [6.45, 7) is 2.14. The fourth-order valence-corrected chi connectivity index (χ4v) is 3.46. The molecule has 0 fully saturated rings. The average molecular weight is 376 g/mol. The van der Waals surface area contributed by atoms with Gasteiger partial charge >= 0.3 is 5.97 Å². The third kappa shape index (κ3) is 3.41. The first-order valence-corrected chi connectivity index (χ1v) is 8.43. The van der Waals surface area contributed by atoms with E-state index < -0.39 is 5.97 Å². The SMILES string of the molecule is CC1C(=O)N(Cc2ccc(Cl)cc2Cl)c2c(C=CC(=O)O)cccc21. The zero-order valence-electron chi connectivity index (χ0n) is 13.4. The van der Waals surface area contributed by atoms with Crippen LogP contribution in [0.25, 0.3) is 6.08 Å². The molecular formula is C19H15Cl2NO3. The summed E-state index contributed by atoms with van der Waals surface area (Å²) in [7, 11) is 0. The summed E-state index contributed by atoms with van der Waals surface area (Å²) in [6.07, 6.45) is 2.57. The number of hydrogen-bond donors (Lipinski definition) is 1. The zero-order valence-corrected chi connectivity index (χ0v) is 14.9. The van der Waals surface area contributed by atoms with E-state index in [4.69, 9.17) is 28.3 Å². The number of aliphatic carboxylic acids is 1. The van der Waals surface area contributed by atoms with Crippen molar-refractivity contribution in [1.82, 2.24) is 0 Å². The fourth-order valence-electron chi connectivity index (χ4n) is 2.99. The lowest BCUT2D eigenvalue weighted by molar-refractivity contribution is -0.131. The van der Waals surface area contributed by atoms with Gasteiger partial charge in [-0.15, -0.1) is 0 Å². The number of carbonyl (C=O) groups excluding carboxylic acids is 1. The van der Waals surface area contributed by atoms with Gasteiger partial charge in [-0.2, -0.15) is 0 Å². The van der Waals surface area contributed by atoms with Crippen LogP contribution in [0, 0.1) is 0 Å². The molecule has 1 atom stereocenters. The van der Waals surface area contributed by atoms with E-state index in [1.54, 1.807) is 29.2 Å². The van der Waals surface area contributed by atoms with Crippen LogP contribution in [0.5, 0.6) is 0 Å². The summed E-state index contributed by atoms with van der Waals surface area (Å²) >= 11 is 12.2. The van der Waals surface area contributed by atoms with Crippen molar-refractivity contribution in [1.29, 1.82) is 0 Å². The van der Waals surface area contributed by atoms with Crippen LogP contribution in [0.4, 0.5) is 5.69 Å². The van der Waals surface area contributed by atoms with Crippen molar-refractivity contribution in [3.63, 3.8) is 0 Å². The molecule has 0 spiro atoms. The topological polar surface area (TPSA) is 57.6 Å². The van der Waals surface area contributed by atoms with E-state index >= 15 is 0 Å². The highest BCUT2D eigenvalue weighted by atomic mass is 35.5. The van der Waals surface area contributed by atoms with Gasteiger partial charge in [-0.3, -0.25) is 4.79 Å². The smallest absolute Gasteiger partial charge is 0.328 e. The number of amides is 1. The lowest BCUT2D eigenvalue weighted by Gasteiger charge is -2.20. The molecule has 1 aliphatic rings. The highest BCUT2D eigenvalue weighted by molar-refractivity contribution is 6.35. The summed E-state index contributed by atoms with van der Waals surface area (Å²) in [5.74, 6) is -1.38. The molecule has 1 amide bonds. The molecule has 1 N–H and O–H groups in total. The number of para-hydroxylation sites is 1. The van der Waals surface area contributed by atoms with Gasteiger partial charge in [-0.1, -0.05) is 47.5 Å². The van der Waals surface area contributed by atoms with Crippen LogP contribution in [-0.4, -0.2) is 17.0 Å². The van der Waals surface area contributed by atoms with E-state index in [9.17, 15) is 9.59 Å². The van der Waals surface area contributed by atoms with Crippen molar-refractivity contribution in [3.05, 3.63) is 69.2 Å². The third-order valence-electron chi connectivity index (χ3n) is 4.22. The second-order valence-electron chi connectivity index (χ2n) is 5.84. The summed E-state index contributed by atoms with van der Waals surface area (Å²) in [5.41, 5.74) is 3.06. The Bertz CT molecular complexity index is 892. The monoisotopic (exact) mass is 375 g/mol. The first-order chi connectivity index (χ1) is 11.9. The van der Waals surface area contributed by atoms with Gasteiger partial charge in [-0.05, 0) is 41.8 Å². The van der Waals surface area contributed by atoms with Gasteiger partial charge in [0.2, 0.25) is 5.91 Å². The molecule has 1 aliphatic heterocycles. The van der Waals surface area contributed by atoms with Crippen molar-refractivity contribution in [3.8, 4) is 0 Å². The Kier molecular flexibility index (Phi) is 4.84. The first-order valence-electron chi connectivity index (χ1n) is 7.67. The molecule has 0 aromatic heterocycles. The van der Waals surface area contributed by atoms with E-state index in [1.807, 2.05) is 19.1 Å². The van der Waals surface area contributed by atoms with E-state index in [1.165, 1.54) is 6.08 Å². The van der Waals surface area contributed by atoms with Gasteiger partial charge in [0, 0.05) is 16.1 Å². The Balaban J connectivity index is 2.05. The molecule has 0 saturated heterocycles. The van der Waals surface area contributed by atoms with Crippen LogP contribution in [0.1, 0.15) is 29.5 Å². The largest absolute Gasteiger partial charge is 0.478 e. The van der Waals surface area contributed by atoms with Crippen LogP contribution in [0.2, 0.25) is 10.0 Å². The van der Waals surface area contributed by atoms with E-state index in [2.05, 4.69) is 0 Å². The predicted molar refractivity (Wildman–Crippen MR) is 99.2 cm³/mol. The van der Waals surface area contributed by atoms with Crippen molar-refractivity contribution < 1.29 is 14.7 Å². The first kappa shape index (κ1) is 17.5. The van der Waals surface area contributed by atoms with Gasteiger partial charge in [-0.25, -0.2) is 4.79 Å². The maximum absolute atomic E-state index is 12.8. The number of nitrogens with zero attached hydrogens (tertiary/aromatic N) is 1. The normalized spacial score (nSPS) is 16.5. The zero-order chi connectivity index (χ0) is 18.1. The number of carboxylic acids is 1. The van der Waals surface area contributed by atoms with Crippen LogP contribution < -0.4 is 4.90 Å². The predicted octanol–water partition coefficient (Wildman–Crippen LogP) is 4.74. The maximum Gasteiger partial charge on any atom is 0.328 e. The Labute approximate surface area is 155 Å². The molecule has 4 nitrogen and oxygen atoms in total. The second kappa shape index (κ2) is 6.90. The molecule has 6 heteroatoms. The molecule has 128 valence electrons. The minimum Gasteiger partial charge on any atom is -0.478 e. The molecule has 0 radical (unpaired) electrons. The molecule has 0 saturated carbocycles. The van der Waals surface area contributed by atoms with E-state index in [0.29, 0.717) is 22.2 Å². The molecule has 25 heavy (non-hydrogen) atoms.